The third-order valence-corrected chi connectivity index (χ3v) is 24.4. The minimum absolute atomic E-state index is 0.487. The van der Waals surface area contributed by atoms with Gasteiger partial charge in [-0.3, -0.25) is 0 Å². The number of aromatic nitrogens is 11. The second-order valence-electron chi connectivity index (χ2n) is 32.3. The number of pyridine rings is 3. The Morgan fingerprint density at radius 1 is 0.140 bits per heavy atom. The third kappa shape index (κ3) is 13.3. The second-order valence-corrected chi connectivity index (χ2v) is 32.3. The summed E-state index contributed by atoms with van der Waals surface area (Å²) in [6, 6.07) is 139. The number of rotatable bonds is 15. The van der Waals surface area contributed by atoms with Gasteiger partial charge in [-0.15, -0.1) is 0 Å². The van der Waals surface area contributed by atoms with E-state index in [4.69, 9.17) is 68.1 Å². The predicted octanol–water partition coefficient (Wildman–Crippen LogP) is 29.2. The SMILES string of the molecule is c1ccc(-c2ccc(-c3nc(-c4ccc(-c5cccc(-c6cccc(-c7cc(-c8ccccc8)nc(-c8ccc(-c9c%10ccccc%10nc%10c9oc9cc(-c%11ccc%12c(-c%13cccc(-c%14nc(-c%15ccccc%15)nc(-c%15ccccc%15)n%14)c%13)c%13oc%14ccccc%14c%13nc%12c%11)ccc9%10)cc8)n7)c6)c5)cc4)nc(-c4c5ccccc5nc5c4oc4ccccc45)n3)cc2)cc1. The zero-order valence-corrected chi connectivity index (χ0v) is 68.8. The summed E-state index contributed by atoms with van der Waals surface area (Å²) in [6.07, 6.45) is 0. The van der Waals surface area contributed by atoms with Crippen molar-refractivity contribution < 1.29 is 13.3 Å². The van der Waals surface area contributed by atoms with Crippen molar-refractivity contribution in [2.24, 2.45) is 0 Å². The number of para-hydroxylation sites is 4. The molecule has 14 heteroatoms. The molecular weight excluding hydrogens is 1580 g/mol. The summed E-state index contributed by atoms with van der Waals surface area (Å²) in [7, 11) is 0. The first-order valence-electron chi connectivity index (χ1n) is 42.8. The van der Waals surface area contributed by atoms with E-state index in [-0.39, 0.29) is 0 Å². The topological polar surface area (TPSA) is 181 Å². The molecule has 0 amide bonds. The van der Waals surface area contributed by atoms with Crippen molar-refractivity contribution in [2.75, 3.05) is 0 Å². The Hall–Kier alpha value is -17.8. The molecule has 0 N–H and O–H groups in total. The van der Waals surface area contributed by atoms with E-state index in [1.54, 1.807) is 0 Å². The lowest BCUT2D eigenvalue weighted by Crippen LogP contribution is -2.01. The molecule has 0 aliphatic rings. The highest BCUT2D eigenvalue weighted by molar-refractivity contribution is 6.18. The average molecular weight is 1650 g/mol. The maximum atomic E-state index is 7.14. The molecule has 9 heterocycles. The fourth-order valence-corrected chi connectivity index (χ4v) is 18.0. The Labute approximate surface area is 737 Å². The van der Waals surface area contributed by atoms with Crippen molar-refractivity contribution in [3.8, 4) is 169 Å². The summed E-state index contributed by atoms with van der Waals surface area (Å²) < 4.78 is 20.6. The van der Waals surface area contributed by atoms with Crippen molar-refractivity contribution >= 4 is 98.9 Å². The summed E-state index contributed by atoms with van der Waals surface area (Å²) >= 11 is 0. The Morgan fingerprint density at radius 2 is 0.434 bits per heavy atom. The van der Waals surface area contributed by atoms with Gasteiger partial charge >= 0.3 is 0 Å². The first kappa shape index (κ1) is 73.9. The lowest BCUT2D eigenvalue weighted by molar-refractivity contribution is 0.669. The molecule has 16 aromatic carbocycles. The minimum atomic E-state index is 0.487. The summed E-state index contributed by atoms with van der Waals surface area (Å²) in [5, 5.41) is 5.53. The van der Waals surface area contributed by atoms with Crippen LogP contribution in [-0.2, 0) is 0 Å². The van der Waals surface area contributed by atoms with Gasteiger partial charge in [0.1, 0.15) is 33.3 Å². The number of furan rings is 3. The molecule has 0 aliphatic heterocycles. The van der Waals surface area contributed by atoms with Crippen LogP contribution in [0.2, 0.25) is 0 Å². The fraction of sp³-hybridized carbons (Fsp3) is 0. The molecule has 600 valence electrons. The maximum Gasteiger partial charge on any atom is 0.168 e. The van der Waals surface area contributed by atoms with Gasteiger partial charge in [-0.05, 0) is 134 Å². The van der Waals surface area contributed by atoms with Gasteiger partial charge < -0.3 is 13.3 Å². The number of fused-ring (bicyclic) bond motifs is 12. The monoisotopic (exact) mass is 1650 g/mol. The molecule has 0 atom stereocenters. The molecule has 0 spiro atoms. The fourth-order valence-electron chi connectivity index (χ4n) is 18.0. The van der Waals surface area contributed by atoms with Gasteiger partial charge in [-0.1, -0.05) is 328 Å². The van der Waals surface area contributed by atoms with Gasteiger partial charge in [0, 0.05) is 88.0 Å². The van der Waals surface area contributed by atoms with Crippen LogP contribution in [0.15, 0.2) is 420 Å². The van der Waals surface area contributed by atoms with Gasteiger partial charge in [0.05, 0.1) is 33.5 Å². The number of nitrogens with zero attached hydrogens (tertiary/aromatic N) is 11. The minimum Gasteiger partial charge on any atom is -0.454 e. The molecule has 0 radical (unpaired) electrons. The van der Waals surface area contributed by atoms with Gasteiger partial charge in [-0.2, -0.15) is 0 Å². The Balaban J connectivity index is 0.531. The Bertz CT molecular complexity index is 8730. The predicted molar refractivity (Wildman–Crippen MR) is 518 cm³/mol. The normalized spacial score (nSPS) is 11.7. The zero-order chi connectivity index (χ0) is 85.0. The van der Waals surface area contributed by atoms with Crippen LogP contribution < -0.4 is 0 Å². The van der Waals surface area contributed by atoms with Gasteiger partial charge in [-0.25, -0.2) is 54.8 Å². The number of benzene rings is 16. The molecule has 0 saturated heterocycles. The van der Waals surface area contributed by atoms with Gasteiger partial charge in [0.2, 0.25) is 0 Å². The first-order valence-corrected chi connectivity index (χ1v) is 42.8. The summed E-state index contributed by atoms with van der Waals surface area (Å²) in [5.41, 5.74) is 30.5. The van der Waals surface area contributed by atoms with E-state index in [1.165, 1.54) is 0 Å². The van der Waals surface area contributed by atoms with E-state index in [0.717, 1.165) is 205 Å². The molecule has 14 nitrogen and oxygen atoms in total. The van der Waals surface area contributed by atoms with Crippen molar-refractivity contribution in [3.05, 3.63) is 406 Å². The van der Waals surface area contributed by atoms with E-state index in [0.29, 0.717) is 63.1 Å². The van der Waals surface area contributed by atoms with Crippen LogP contribution >= 0.6 is 0 Å². The van der Waals surface area contributed by atoms with Crippen LogP contribution in [0, 0.1) is 0 Å². The quantitative estimate of drug-likeness (QED) is 0.0945. The van der Waals surface area contributed by atoms with Crippen LogP contribution in [0.5, 0.6) is 0 Å². The lowest BCUT2D eigenvalue weighted by atomic mass is 9.95. The number of hydrogen-bond acceptors (Lipinski definition) is 14. The molecular formula is C115H67N11O3. The second kappa shape index (κ2) is 30.6. The van der Waals surface area contributed by atoms with E-state index >= 15 is 0 Å². The van der Waals surface area contributed by atoms with Crippen molar-refractivity contribution in [2.45, 2.75) is 0 Å². The largest absolute Gasteiger partial charge is 0.454 e. The van der Waals surface area contributed by atoms with E-state index in [1.807, 2.05) is 152 Å². The molecule has 0 aliphatic carbocycles. The van der Waals surface area contributed by atoms with Crippen LogP contribution in [0.1, 0.15) is 0 Å². The van der Waals surface area contributed by atoms with Gasteiger partial charge in [0.25, 0.3) is 0 Å². The highest BCUT2D eigenvalue weighted by Crippen LogP contribution is 2.47. The maximum absolute atomic E-state index is 7.14. The molecule has 0 fully saturated rings. The molecule has 129 heavy (non-hydrogen) atoms. The average Bonchev–Trinajstić information content (AvgIpc) is 1.59. The Morgan fingerprint density at radius 3 is 0.984 bits per heavy atom. The summed E-state index contributed by atoms with van der Waals surface area (Å²) in [5.74, 6) is 3.88. The zero-order valence-electron chi connectivity index (χ0n) is 68.8. The molecule has 0 unspecified atom stereocenters. The van der Waals surface area contributed by atoms with Crippen LogP contribution in [0.25, 0.3) is 268 Å². The van der Waals surface area contributed by atoms with E-state index < -0.39 is 0 Å². The summed E-state index contributed by atoms with van der Waals surface area (Å²) in [4.78, 5) is 57.7. The highest BCUT2D eigenvalue weighted by Gasteiger charge is 2.27. The standard InChI is InChI=1S/C115H67N11O3/c1-5-24-68(25-6-1)69-46-52-76(53-47-69)112-122-113(126-115(125-112)102-87-39-14-18-43-93(87)117-104-90-41-16-20-45-98(90)128-108(102)104)77-54-48-70(49-55-77)78-32-21-33-79(62-78)80-34-22-35-83(63-80)95-67-94(71-26-7-2-8-27-71)119-109(120-95)75-56-50-72(51-57-75)100-86-38-13-17-42-92(86)116-105-91-61-59-82(66-99(91)129-106(100)105)81-58-60-88-96(65-81)118-103-89-40-15-19-44-97(89)127-107(103)101(88)84-36-23-37-85(64-84)114-123-110(73-28-9-3-10-29-73)121-111(124-114)74-30-11-4-12-31-74/h1-67H. The number of hydrogen-bond donors (Lipinski definition) is 0. The van der Waals surface area contributed by atoms with Crippen molar-refractivity contribution in [1.29, 1.82) is 0 Å². The summed E-state index contributed by atoms with van der Waals surface area (Å²) in [6.45, 7) is 0. The van der Waals surface area contributed by atoms with Gasteiger partial charge in [0.15, 0.2) is 57.5 Å². The van der Waals surface area contributed by atoms with Crippen molar-refractivity contribution in [1.82, 2.24) is 54.8 Å². The van der Waals surface area contributed by atoms with E-state index in [2.05, 4.69) is 255 Å². The van der Waals surface area contributed by atoms with Crippen molar-refractivity contribution in [3.63, 3.8) is 0 Å². The Kier molecular flexibility index (Phi) is 17.6. The van der Waals surface area contributed by atoms with E-state index in [9.17, 15) is 0 Å². The lowest BCUT2D eigenvalue weighted by Gasteiger charge is -2.12. The molecule has 9 aromatic heterocycles. The molecule has 0 saturated carbocycles. The molecule has 25 rings (SSSR count). The first-order chi connectivity index (χ1) is 63.8. The molecule has 0 bridgehead atoms. The third-order valence-electron chi connectivity index (χ3n) is 24.4. The molecule has 25 aromatic rings. The van der Waals surface area contributed by atoms with Crippen LogP contribution in [-0.4, -0.2) is 54.8 Å². The van der Waals surface area contributed by atoms with Crippen LogP contribution in [0.4, 0.5) is 0 Å². The smallest absolute Gasteiger partial charge is 0.168 e. The van der Waals surface area contributed by atoms with Crippen LogP contribution in [0.3, 0.4) is 0 Å². The highest BCUT2D eigenvalue weighted by atomic mass is 16.3.